The first-order chi connectivity index (χ1) is 6.95. The van der Waals surface area contributed by atoms with Gasteiger partial charge in [-0.3, -0.25) is 0 Å². The van der Waals surface area contributed by atoms with Gasteiger partial charge in [-0.05, 0) is 19.1 Å². The third-order valence-electron chi connectivity index (χ3n) is 1.54. The highest BCUT2D eigenvalue weighted by atomic mass is 32.2. The lowest BCUT2D eigenvalue weighted by Gasteiger charge is -2.01. The van der Waals surface area contributed by atoms with Crippen LogP contribution >= 0.6 is 0 Å². The fourth-order valence-electron chi connectivity index (χ4n) is 0.884. The molecule has 0 unspecified atom stereocenters. The number of ether oxygens (including phenoxy) is 1. The maximum Gasteiger partial charge on any atom is 0.339 e. The molecule has 0 radical (unpaired) electrons. The molecule has 0 spiro atoms. The van der Waals surface area contributed by atoms with Gasteiger partial charge in [-0.25, -0.2) is 23.3 Å². The summed E-state index contributed by atoms with van der Waals surface area (Å²) in [6.07, 6.45) is 1.11. The van der Waals surface area contributed by atoms with Crippen LogP contribution in [0.25, 0.3) is 0 Å². The van der Waals surface area contributed by atoms with Gasteiger partial charge in [-0.2, -0.15) is 0 Å². The number of rotatable bonds is 3. The van der Waals surface area contributed by atoms with Gasteiger partial charge in [0.05, 0.1) is 12.2 Å². The van der Waals surface area contributed by atoms with Crippen LogP contribution in [0.3, 0.4) is 0 Å². The number of carbonyl (C=O) groups excluding carboxylic acids is 1. The zero-order valence-corrected chi connectivity index (χ0v) is 8.82. The topological polar surface area (TPSA) is 99.4 Å². The van der Waals surface area contributed by atoms with Gasteiger partial charge in [0.2, 0.25) is 0 Å². The number of sulfonamides is 1. The summed E-state index contributed by atoms with van der Waals surface area (Å²) in [7, 11) is -3.82. The van der Waals surface area contributed by atoms with Crippen molar-refractivity contribution in [3.05, 3.63) is 23.9 Å². The largest absolute Gasteiger partial charge is 0.462 e. The second-order valence-corrected chi connectivity index (χ2v) is 4.16. The van der Waals surface area contributed by atoms with Crippen molar-refractivity contribution in [2.45, 2.75) is 11.9 Å². The Labute approximate surface area is 87.1 Å². The Morgan fingerprint density at radius 1 is 1.53 bits per heavy atom. The molecule has 0 bridgehead atoms. The summed E-state index contributed by atoms with van der Waals surface area (Å²) in [6.45, 7) is 1.92. The lowest BCUT2D eigenvalue weighted by atomic mass is 10.3. The van der Waals surface area contributed by atoms with Gasteiger partial charge in [0, 0.05) is 6.20 Å². The molecule has 82 valence electrons. The molecule has 0 aromatic carbocycles. The van der Waals surface area contributed by atoms with E-state index in [1.165, 1.54) is 6.07 Å². The van der Waals surface area contributed by atoms with Crippen LogP contribution < -0.4 is 5.14 Å². The standard InChI is InChI=1S/C8H10N2O4S/c1-2-14-8(11)6-3-4-7(10-5-6)15(9,12)13/h3-5H,2H2,1H3,(H2,9,12,13). The third kappa shape index (κ3) is 3.00. The van der Waals surface area contributed by atoms with E-state index in [1.807, 2.05) is 0 Å². The number of nitrogens with two attached hydrogens (primary N) is 1. The molecule has 1 rings (SSSR count). The highest BCUT2D eigenvalue weighted by Crippen LogP contribution is 2.05. The minimum atomic E-state index is -3.82. The molecule has 0 saturated heterocycles. The number of hydrogen-bond acceptors (Lipinski definition) is 5. The average Bonchev–Trinajstić information content (AvgIpc) is 2.17. The van der Waals surface area contributed by atoms with Crippen LogP contribution in [-0.2, 0) is 14.8 Å². The third-order valence-corrected chi connectivity index (χ3v) is 2.36. The predicted octanol–water partition coefficient (Wildman–Crippen LogP) is -0.0943. The second-order valence-electron chi connectivity index (χ2n) is 2.65. The SMILES string of the molecule is CCOC(=O)c1ccc(S(N)(=O)=O)nc1. The quantitative estimate of drug-likeness (QED) is 0.731. The molecule has 2 N–H and O–H groups in total. The molecule has 7 heteroatoms. The minimum Gasteiger partial charge on any atom is -0.462 e. The zero-order chi connectivity index (χ0) is 11.5. The fourth-order valence-corrected chi connectivity index (χ4v) is 1.34. The molecule has 0 aliphatic carbocycles. The van der Waals surface area contributed by atoms with Gasteiger partial charge in [-0.15, -0.1) is 0 Å². The summed E-state index contributed by atoms with van der Waals surface area (Å²) >= 11 is 0. The van der Waals surface area contributed by atoms with Crippen LogP contribution in [-0.4, -0.2) is 26.0 Å². The highest BCUT2D eigenvalue weighted by Gasteiger charge is 2.11. The van der Waals surface area contributed by atoms with Gasteiger partial charge in [0.15, 0.2) is 5.03 Å². The molecule has 1 heterocycles. The Balaban J connectivity index is 2.96. The van der Waals surface area contributed by atoms with Crippen LogP contribution in [0.15, 0.2) is 23.4 Å². The molecule has 0 amide bonds. The van der Waals surface area contributed by atoms with Crippen LogP contribution in [0.1, 0.15) is 17.3 Å². The van der Waals surface area contributed by atoms with E-state index in [1.54, 1.807) is 6.92 Å². The Bertz CT molecular complexity index is 452. The first-order valence-corrected chi connectivity index (χ1v) is 5.65. The van der Waals surface area contributed by atoms with Crippen molar-refractivity contribution in [1.82, 2.24) is 4.98 Å². The highest BCUT2D eigenvalue weighted by molar-refractivity contribution is 7.89. The maximum absolute atomic E-state index is 11.2. The summed E-state index contributed by atoms with van der Waals surface area (Å²) in [5.41, 5.74) is 0.184. The predicted molar refractivity (Wildman–Crippen MR) is 51.6 cm³/mol. The van der Waals surface area contributed by atoms with E-state index < -0.39 is 16.0 Å². The van der Waals surface area contributed by atoms with Crippen molar-refractivity contribution in [2.75, 3.05) is 6.61 Å². The molecule has 0 aliphatic heterocycles. The summed E-state index contributed by atoms with van der Waals surface area (Å²) in [5.74, 6) is -0.550. The van der Waals surface area contributed by atoms with Crippen molar-refractivity contribution in [1.29, 1.82) is 0 Å². The second kappa shape index (κ2) is 4.37. The number of nitrogens with zero attached hydrogens (tertiary/aromatic N) is 1. The summed E-state index contributed by atoms with van der Waals surface area (Å²) < 4.78 is 26.4. The first kappa shape index (κ1) is 11.6. The van der Waals surface area contributed by atoms with Gasteiger partial charge in [0.25, 0.3) is 10.0 Å². The maximum atomic E-state index is 11.2. The van der Waals surface area contributed by atoms with Crippen LogP contribution in [0.2, 0.25) is 0 Å². The van der Waals surface area contributed by atoms with Gasteiger partial charge in [-0.1, -0.05) is 0 Å². The van der Waals surface area contributed by atoms with Crippen LogP contribution in [0, 0.1) is 0 Å². The minimum absolute atomic E-state index is 0.184. The number of esters is 1. The number of aromatic nitrogens is 1. The normalized spacial score (nSPS) is 11.1. The fraction of sp³-hybridized carbons (Fsp3) is 0.250. The van der Waals surface area contributed by atoms with E-state index in [0.717, 1.165) is 12.3 Å². The van der Waals surface area contributed by atoms with Crippen molar-refractivity contribution in [3.8, 4) is 0 Å². The van der Waals surface area contributed by atoms with Gasteiger partial charge in [0.1, 0.15) is 0 Å². The van der Waals surface area contributed by atoms with E-state index in [2.05, 4.69) is 4.98 Å². The smallest absolute Gasteiger partial charge is 0.339 e. The molecular weight excluding hydrogens is 220 g/mol. The van der Waals surface area contributed by atoms with E-state index in [4.69, 9.17) is 9.88 Å². The number of primary sulfonamides is 1. The Kier molecular flexibility index (Phi) is 3.38. The van der Waals surface area contributed by atoms with Crippen molar-refractivity contribution in [3.63, 3.8) is 0 Å². The number of carbonyl (C=O) groups is 1. The van der Waals surface area contributed by atoms with Crippen molar-refractivity contribution < 1.29 is 17.9 Å². The molecule has 6 nitrogen and oxygen atoms in total. The number of pyridine rings is 1. The monoisotopic (exact) mass is 230 g/mol. The molecule has 0 atom stereocenters. The zero-order valence-electron chi connectivity index (χ0n) is 8.00. The summed E-state index contributed by atoms with van der Waals surface area (Å²) in [4.78, 5) is 14.7. The molecule has 0 fully saturated rings. The summed E-state index contributed by atoms with van der Waals surface area (Å²) in [5, 5.41) is 4.55. The average molecular weight is 230 g/mol. The summed E-state index contributed by atoms with van der Waals surface area (Å²) in [6, 6.07) is 2.45. The molecule has 0 saturated carbocycles. The van der Waals surface area contributed by atoms with Crippen LogP contribution in [0.4, 0.5) is 0 Å². The van der Waals surface area contributed by atoms with Crippen LogP contribution in [0.5, 0.6) is 0 Å². The molecule has 15 heavy (non-hydrogen) atoms. The van der Waals surface area contributed by atoms with E-state index in [-0.39, 0.29) is 17.2 Å². The molecular formula is C8H10N2O4S. The Hall–Kier alpha value is -1.47. The van der Waals surface area contributed by atoms with E-state index in [9.17, 15) is 13.2 Å². The van der Waals surface area contributed by atoms with Crippen molar-refractivity contribution >= 4 is 16.0 Å². The molecule has 0 aliphatic rings. The first-order valence-electron chi connectivity index (χ1n) is 4.11. The Morgan fingerprint density at radius 3 is 2.60 bits per heavy atom. The van der Waals surface area contributed by atoms with E-state index >= 15 is 0 Å². The van der Waals surface area contributed by atoms with Gasteiger partial charge < -0.3 is 4.74 Å². The lowest BCUT2D eigenvalue weighted by molar-refractivity contribution is 0.0525. The lowest BCUT2D eigenvalue weighted by Crippen LogP contribution is -2.14. The van der Waals surface area contributed by atoms with Crippen molar-refractivity contribution in [2.24, 2.45) is 5.14 Å². The molecule has 1 aromatic rings. The van der Waals surface area contributed by atoms with Gasteiger partial charge >= 0.3 is 5.97 Å². The van der Waals surface area contributed by atoms with E-state index in [0.29, 0.717) is 0 Å². The Morgan fingerprint density at radius 2 is 2.20 bits per heavy atom. The number of hydrogen-bond donors (Lipinski definition) is 1. The molecule has 1 aromatic heterocycles.